The first-order valence-corrected chi connectivity index (χ1v) is 3.36. The number of hydrogen-bond donors (Lipinski definition) is 2. The summed E-state index contributed by atoms with van der Waals surface area (Å²) in [5.74, 6) is -0.758. The highest BCUT2D eigenvalue weighted by Gasteiger charge is 2.16. The van der Waals surface area contributed by atoms with Crippen LogP contribution in [0.1, 0.15) is 0 Å². The molecule has 0 aliphatic rings. The van der Waals surface area contributed by atoms with Gasteiger partial charge in [0.05, 0.1) is 0 Å². The number of rotatable bonds is 2. The van der Waals surface area contributed by atoms with E-state index in [0.717, 1.165) is 12.1 Å². The van der Waals surface area contributed by atoms with Gasteiger partial charge in [-0.2, -0.15) is 0 Å². The molecular formula is C6H5BFN3O2. The average Bonchev–Trinajstić information content (AvgIpc) is 2.08. The zero-order valence-corrected chi connectivity index (χ0v) is 6.42. The van der Waals surface area contributed by atoms with Gasteiger partial charge < -0.3 is 10.0 Å². The summed E-state index contributed by atoms with van der Waals surface area (Å²) in [4.78, 5) is 2.48. The van der Waals surface area contributed by atoms with Crippen molar-refractivity contribution in [3.8, 4) is 0 Å². The summed E-state index contributed by atoms with van der Waals surface area (Å²) in [5, 5.41) is 20.5. The molecule has 0 heterocycles. The van der Waals surface area contributed by atoms with Gasteiger partial charge in [0.2, 0.25) is 0 Å². The van der Waals surface area contributed by atoms with Crippen molar-refractivity contribution in [1.82, 2.24) is 0 Å². The van der Waals surface area contributed by atoms with Crippen molar-refractivity contribution in [3.05, 3.63) is 34.5 Å². The summed E-state index contributed by atoms with van der Waals surface area (Å²) >= 11 is 0. The molecule has 66 valence electrons. The first-order chi connectivity index (χ1) is 6.15. The highest BCUT2D eigenvalue weighted by Crippen LogP contribution is 2.10. The van der Waals surface area contributed by atoms with Crippen LogP contribution in [0.3, 0.4) is 0 Å². The van der Waals surface area contributed by atoms with E-state index in [1.54, 1.807) is 0 Å². The van der Waals surface area contributed by atoms with Gasteiger partial charge in [0, 0.05) is 16.1 Å². The van der Waals surface area contributed by atoms with Gasteiger partial charge in [0.1, 0.15) is 5.82 Å². The molecule has 0 atom stereocenters. The third-order valence-corrected chi connectivity index (χ3v) is 1.42. The maximum absolute atomic E-state index is 12.8. The predicted molar refractivity (Wildman–Crippen MR) is 45.0 cm³/mol. The Kier molecular flexibility index (Phi) is 2.86. The van der Waals surface area contributed by atoms with E-state index >= 15 is 0 Å². The van der Waals surface area contributed by atoms with E-state index in [4.69, 9.17) is 15.6 Å². The van der Waals surface area contributed by atoms with Gasteiger partial charge in [-0.25, -0.2) is 4.39 Å². The van der Waals surface area contributed by atoms with Crippen molar-refractivity contribution < 1.29 is 14.4 Å². The topological polar surface area (TPSA) is 89.2 Å². The summed E-state index contributed by atoms with van der Waals surface area (Å²) in [6.07, 6.45) is 0. The first kappa shape index (κ1) is 9.53. The smallest absolute Gasteiger partial charge is 0.423 e. The molecule has 0 unspecified atom stereocenters. The quantitative estimate of drug-likeness (QED) is 0.300. The minimum atomic E-state index is -1.91. The first-order valence-electron chi connectivity index (χ1n) is 3.36. The molecule has 1 rings (SSSR count). The fourth-order valence-corrected chi connectivity index (χ4v) is 0.843. The lowest BCUT2D eigenvalue weighted by Crippen LogP contribution is -2.32. The lowest BCUT2D eigenvalue weighted by Gasteiger charge is -2.01. The number of halogens is 1. The van der Waals surface area contributed by atoms with Crippen molar-refractivity contribution in [1.29, 1.82) is 0 Å². The molecule has 0 amide bonds. The molecule has 1 aromatic carbocycles. The van der Waals surface area contributed by atoms with Crippen LogP contribution in [-0.2, 0) is 0 Å². The molecule has 0 bridgehead atoms. The second-order valence-corrected chi connectivity index (χ2v) is 2.27. The molecule has 0 saturated heterocycles. The van der Waals surface area contributed by atoms with Crippen LogP contribution in [0.25, 0.3) is 10.4 Å². The average molecular weight is 181 g/mol. The molecule has 2 N–H and O–H groups in total. The van der Waals surface area contributed by atoms with Crippen molar-refractivity contribution in [2.45, 2.75) is 0 Å². The summed E-state index contributed by atoms with van der Waals surface area (Å²) in [7, 11) is -1.91. The van der Waals surface area contributed by atoms with Gasteiger partial charge in [-0.15, -0.1) is 0 Å². The molecule has 13 heavy (non-hydrogen) atoms. The molecule has 7 heteroatoms. The predicted octanol–water partition coefficient (Wildman–Crippen LogP) is 0.447. The molecule has 0 aliphatic carbocycles. The number of benzene rings is 1. The fourth-order valence-electron chi connectivity index (χ4n) is 0.843. The molecule has 0 fully saturated rings. The van der Waals surface area contributed by atoms with Gasteiger partial charge >= 0.3 is 7.12 Å². The molecule has 0 radical (unpaired) electrons. The minimum absolute atomic E-state index is 0.131. The van der Waals surface area contributed by atoms with E-state index in [9.17, 15) is 4.39 Å². The third kappa shape index (κ3) is 2.19. The standard InChI is InChI=1S/C6H5BFN3O2/c8-6-2-1-4(10-11-9)3-5(6)7(12)13/h1-3,12-13H. The SMILES string of the molecule is [N-]=[N+]=Nc1ccc(F)c(B(O)O)c1. The number of azide groups is 1. The van der Waals surface area contributed by atoms with Crippen molar-refractivity contribution in [3.63, 3.8) is 0 Å². The molecule has 0 saturated carbocycles. The van der Waals surface area contributed by atoms with Crippen LogP contribution in [0.15, 0.2) is 23.3 Å². The van der Waals surface area contributed by atoms with E-state index in [1.165, 1.54) is 6.07 Å². The van der Waals surface area contributed by atoms with Gasteiger partial charge in [0.15, 0.2) is 0 Å². The Bertz CT molecular complexity index is 365. The Morgan fingerprint density at radius 3 is 2.69 bits per heavy atom. The molecule has 0 aliphatic heterocycles. The number of hydrogen-bond acceptors (Lipinski definition) is 3. The second kappa shape index (κ2) is 3.91. The van der Waals surface area contributed by atoms with Crippen molar-refractivity contribution >= 4 is 18.3 Å². The highest BCUT2D eigenvalue weighted by atomic mass is 19.1. The molecule has 5 nitrogen and oxygen atoms in total. The largest absolute Gasteiger partial charge is 0.491 e. The monoisotopic (exact) mass is 181 g/mol. The Morgan fingerprint density at radius 1 is 1.46 bits per heavy atom. The normalized spacial score (nSPS) is 9.15. The van der Waals surface area contributed by atoms with Gasteiger partial charge in [-0.05, 0) is 17.7 Å². The Balaban J connectivity index is 3.18. The van der Waals surface area contributed by atoms with Gasteiger partial charge in [-0.1, -0.05) is 11.2 Å². The third-order valence-electron chi connectivity index (χ3n) is 1.42. The van der Waals surface area contributed by atoms with Crippen LogP contribution < -0.4 is 5.46 Å². The van der Waals surface area contributed by atoms with Crippen LogP contribution in [0.2, 0.25) is 0 Å². The van der Waals surface area contributed by atoms with E-state index in [1.807, 2.05) is 0 Å². The van der Waals surface area contributed by atoms with Crippen LogP contribution in [-0.4, -0.2) is 17.2 Å². The maximum atomic E-state index is 12.8. The molecule has 1 aromatic rings. The van der Waals surface area contributed by atoms with Gasteiger partial charge in [0.25, 0.3) is 0 Å². The maximum Gasteiger partial charge on any atom is 0.491 e. The van der Waals surface area contributed by atoms with E-state index < -0.39 is 12.9 Å². The van der Waals surface area contributed by atoms with Crippen molar-refractivity contribution in [2.75, 3.05) is 0 Å². The van der Waals surface area contributed by atoms with Crippen LogP contribution in [0.5, 0.6) is 0 Å². The summed E-state index contributed by atoms with van der Waals surface area (Å²) in [5.41, 5.74) is 7.87. The Morgan fingerprint density at radius 2 is 2.15 bits per heavy atom. The van der Waals surface area contributed by atoms with Crippen molar-refractivity contribution in [2.24, 2.45) is 5.11 Å². The zero-order chi connectivity index (χ0) is 9.84. The Labute approximate surface area is 73.2 Å². The van der Waals surface area contributed by atoms with E-state index in [-0.39, 0.29) is 11.2 Å². The van der Waals surface area contributed by atoms with Crippen LogP contribution in [0.4, 0.5) is 10.1 Å². The summed E-state index contributed by atoms with van der Waals surface area (Å²) in [6, 6.07) is 3.30. The van der Waals surface area contributed by atoms with E-state index in [2.05, 4.69) is 10.0 Å². The van der Waals surface area contributed by atoms with E-state index in [0.29, 0.717) is 0 Å². The lowest BCUT2D eigenvalue weighted by atomic mass is 9.80. The zero-order valence-electron chi connectivity index (χ0n) is 6.42. The highest BCUT2D eigenvalue weighted by molar-refractivity contribution is 6.58. The summed E-state index contributed by atoms with van der Waals surface area (Å²) < 4.78 is 12.8. The second-order valence-electron chi connectivity index (χ2n) is 2.27. The van der Waals surface area contributed by atoms with Crippen LogP contribution in [0, 0.1) is 5.82 Å². The lowest BCUT2D eigenvalue weighted by molar-refractivity contribution is 0.423. The number of nitrogens with zero attached hydrogens (tertiary/aromatic N) is 3. The molecule has 0 spiro atoms. The Hall–Kier alpha value is -1.56. The molecular weight excluding hydrogens is 176 g/mol. The summed E-state index contributed by atoms with van der Waals surface area (Å²) in [6.45, 7) is 0. The minimum Gasteiger partial charge on any atom is -0.423 e. The fraction of sp³-hybridized carbons (Fsp3) is 0. The van der Waals surface area contributed by atoms with Gasteiger partial charge in [-0.3, -0.25) is 0 Å². The molecule has 0 aromatic heterocycles. The van der Waals surface area contributed by atoms with Crippen LogP contribution >= 0.6 is 0 Å².